The number of ether oxygens (including phenoxy) is 2. The molecule has 0 aliphatic carbocycles. The Morgan fingerprint density at radius 1 is 1.19 bits per heavy atom. The van der Waals surface area contributed by atoms with E-state index in [0.29, 0.717) is 37.0 Å². The number of carbonyl (C=O) groups is 1. The SMILES string of the molecule is COC(=O)Nc1ccc([C@H]2CN(c3nc(-c4ccncc4)cc(=O)n3C)CCO2)cc1. The van der Waals surface area contributed by atoms with Crippen LogP contribution in [0.3, 0.4) is 0 Å². The fourth-order valence-electron chi connectivity index (χ4n) is 3.46. The van der Waals surface area contributed by atoms with Crippen molar-refractivity contribution in [3.63, 3.8) is 0 Å². The Bertz CT molecular complexity index is 1110. The molecular weight excluding hydrogens is 398 g/mol. The van der Waals surface area contributed by atoms with E-state index in [0.717, 1.165) is 11.1 Å². The summed E-state index contributed by atoms with van der Waals surface area (Å²) < 4.78 is 12.1. The lowest BCUT2D eigenvalue weighted by Crippen LogP contribution is -2.41. The monoisotopic (exact) mass is 421 g/mol. The highest BCUT2D eigenvalue weighted by atomic mass is 16.5. The average molecular weight is 421 g/mol. The minimum atomic E-state index is -0.520. The first-order valence-corrected chi connectivity index (χ1v) is 9.85. The van der Waals surface area contributed by atoms with Gasteiger partial charge in [-0.1, -0.05) is 12.1 Å². The van der Waals surface area contributed by atoms with Gasteiger partial charge >= 0.3 is 6.09 Å². The van der Waals surface area contributed by atoms with E-state index in [2.05, 4.69) is 19.9 Å². The van der Waals surface area contributed by atoms with Crippen molar-refractivity contribution in [1.29, 1.82) is 0 Å². The van der Waals surface area contributed by atoms with Crippen molar-refractivity contribution in [3.8, 4) is 11.3 Å². The quantitative estimate of drug-likeness (QED) is 0.691. The highest BCUT2D eigenvalue weighted by Crippen LogP contribution is 2.27. The first-order valence-electron chi connectivity index (χ1n) is 9.85. The van der Waals surface area contributed by atoms with E-state index in [4.69, 9.17) is 9.72 Å². The Hall–Kier alpha value is -3.72. The van der Waals surface area contributed by atoms with Crippen LogP contribution in [-0.2, 0) is 16.5 Å². The number of amides is 1. The molecule has 1 amide bonds. The zero-order chi connectivity index (χ0) is 21.8. The number of morpholine rings is 1. The number of anilines is 2. The Morgan fingerprint density at radius 3 is 2.65 bits per heavy atom. The molecule has 0 radical (unpaired) electrons. The van der Waals surface area contributed by atoms with Gasteiger partial charge in [0.15, 0.2) is 0 Å². The number of carbonyl (C=O) groups excluding carboxylic acids is 1. The summed E-state index contributed by atoms with van der Waals surface area (Å²) in [7, 11) is 3.04. The van der Waals surface area contributed by atoms with E-state index >= 15 is 0 Å². The smallest absolute Gasteiger partial charge is 0.411 e. The maximum absolute atomic E-state index is 12.6. The van der Waals surface area contributed by atoms with Gasteiger partial charge in [-0.3, -0.25) is 19.7 Å². The molecule has 1 aliphatic heterocycles. The summed E-state index contributed by atoms with van der Waals surface area (Å²) in [5.41, 5.74) is 2.93. The Morgan fingerprint density at radius 2 is 1.94 bits per heavy atom. The lowest BCUT2D eigenvalue weighted by atomic mass is 10.1. The van der Waals surface area contributed by atoms with Crippen molar-refractivity contribution in [2.24, 2.45) is 7.05 Å². The molecule has 1 N–H and O–H groups in total. The molecule has 3 heterocycles. The number of hydrogen-bond donors (Lipinski definition) is 1. The first kappa shape index (κ1) is 20.5. The molecule has 1 aliphatic rings. The third kappa shape index (κ3) is 4.56. The fourth-order valence-corrected chi connectivity index (χ4v) is 3.46. The van der Waals surface area contributed by atoms with E-state index in [1.54, 1.807) is 36.1 Å². The predicted molar refractivity (Wildman–Crippen MR) is 116 cm³/mol. The number of nitrogens with one attached hydrogen (secondary N) is 1. The van der Waals surface area contributed by atoms with E-state index in [-0.39, 0.29) is 11.7 Å². The molecule has 0 saturated carbocycles. The number of hydrogen-bond acceptors (Lipinski definition) is 7. The molecule has 160 valence electrons. The van der Waals surface area contributed by atoms with Crippen molar-refractivity contribution in [2.75, 3.05) is 37.0 Å². The molecule has 0 bridgehead atoms. The maximum atomic E-state index is 12.6. The molecule has 0 spiro atoms. The molecule has 0 unspecified atom stereocenters. The molecule has 1 saturated heterocycles. The van der Waals surface area contributed by atoms with Gasteiger partial charge in [0.25, 0.3) is 5.56 Å². The van der Waals surface area contributed by atoms with Crippen LogP contribution >= 0.6 is 0 Å². The molecule has 31 heavy (non-hydrogen) atoms. The average Bonchev–Trinajstić information content (AvgIpc) is 2.82. The number of nitrogens with zero attached hydrogens (tertiary/aromatic N) is 4. The minimum Gasteiger partial charge on any atom is -0.453 e. The maximum Gasteiger partial charge on any atom is 0.411 e. The van der Waals surface area contributed by atoms with Crippen molar-refractivity contribution in [2.45, 2.75) is 6.10 Å². The summed E-state index contributed by atoms with van der Waals surface area (Å²) in [6.45, 7) is 1.67. The van der Waals surface area contributed by atoms with Crippen molar-refractivity contribution in [3.05, 3.63) is 70.8 Å². The second-order valence-corrected chi connectivity index (χ2v) is 7.12. The van der Waals surface area contributed by atoms with Gasteiger partial charge in [0.2, 0.25) is 5.95 Å². The summed E-state index contributed by atoms with van der Waals surface area (Å²) in [5, 5.41) is 2.63. The van der Waals surface area contributed by atoms with E-state index < -0.39 is 6.09 Å². The molecule has 9 heteroatoms. The summed E-state index contributed by atoms with van der Waals surface area (Å²) >= 11 is 0. The van der Waals surface area contributed by atoms with Crippen LogP contribution in [0.1, 0.15) is 11.7 Å². The largest absolute Gasteiger partial charge is 0.453 e. The first-order chi connectivity index (χ1) is 15.0. The van der Waals surface area contributed by atoms with Gasteiger partial charge < -0.3 is 14.4 Å². The van der Waals surface area contributed by atoms with Gasteiger partial charge in [0.1, 0.15) is 6.10 Å². The van der Waals surface area contributed by atoms with Crippen LogP contribution < -0.4 is 15.8 Å². The molecular formula is C22H23N5O4. The summed E-state index contributed by atoms with van der Waals surface area (Å²) in [6, 6.07) is 12.6. The lowest BCUT2D eigenvalue weighted by Gasteiger charge is -2.34. The number of aromatic nitrogens is 3. The van der Waals surface area contributed by atoms with E-state index in [1.165, 1.54) is 13.2 Å². The van der Waals surface area contributed by atoms with Gasteiger partial charge in [-0.25, -0.2) is 9.78 Å². The molecule has 2 aromatic heterocycles. The Kier molecular flexibility index (Phi) is 5.94. The highest BCUT2D eigenvalue weighted by molar-refractivity contribution is 5.84. The zero-order valence-corrected chi connectivity index (χ0v) is 17.3. The summed E-state index contributed by atoms with van der Waals surface area (Å²) in [4.78, 5) is 34.8. The van der Waals surface area contributed by atoms with Gasteiger partial charge in [0.05, 0.1) is 26.0 Å². The number of rotatable bonds is 4. The Labute approximate surface area is 179 Å². The van der Waals surface area contributed by atoms with Crippen molar-refractivity contribution in [1.82, 2.24) is 14.5 Å². The van der Waals surface area contributed by atoms with Gasteiger partial charge in [-0.2, -0.15) is 0 Å². The van der Waals surface area contributed by atoms with Crippen LogP contribution in [-0.4, -0.2) is 47.4 Å². The second-order valence-electron chi connectivity index (χ2n) is 7.12. The van der Waals surface area contributed by atoms with Crippen LogP contribution in [0.25, 0.3) is 11.3 Å². The third-order valence-electron chi connectivity index (χ3n) is 5.15. The van der Waals surface area contributed by atoms with Gasteiger partial charge in [-0.15, -0.1) is 0 Å². The lowest BCUT2D eigenvalue weighted by molar-refractivity contribution is 0.0390. The highest BCUT2D eigenvalue weighted by Gasteiger charge is 2.25. The summed E-state index contributed by atoms with van der Waals surface area (Å²) in [5.74, 6) is 0.594. The van der Waals surface area contributed by atoms with Crippen LogP contribution in [0.4, 0.5) is 16.4 Å². The standard InChI is InChI=1S/C22H23N5O4/c1-26-20(28)13-18(15-7-9-23-10-8-15)25-21(26)27-11-12-31-19(14-27)16-3-5-17(6-4-16)24-22(29)30-2/h3-10,13,19H,11-12,14H2,1-2H3,(H,24,29)/t19-/m1/s1. The van der Waals surface area contributed by atoms with Gasteiger partial charge in [0, 0.05) is 43.3 Å². The fraction of sp³-hybridized carbons (Fsp3) is 0.273. The van der Waals surface area contributed by atoms with E-state index in [9.17, 15) is 9.59 Å². The molecule has 1 atom stereocenters. The summed E-state index contributed by atoms with van der Waals surface area (Å²) in [6.07, 6.45) is 2.64. The molecule has 3 aromatic rings. The normalized spacial score (nSPS) is 16.1. The predicted octanol–water partition coefficient (Wildman–Crippen LogP) is 2.60. The van der Waals surface area contributed by atoms with Gasteiger partial charge in [-0.05, 0) is 29.8 Å². The van der Waals surface area contributed by atoms with Crippen LogP contribution in [0, 0.1) is 0 Å². The van der Waals surface area contributed by atoms with Crippen LogP contribution in [0.15, 0.2) is 59.7 Å². The number of benzene rings is 1. The Balaban J connectivity index is 1.57. The zero-order valence-electron chi connectivity index (χ0n) is 17.3. The molecule has 4 rings (SSSR count). The van der Waals surface area contributed by atoms with Crippen molar-refractivity contribution >= 4 is 17.7 Å². The number of pyridine rings is 1. The molecule has 1 aromatic carbocycles. The third-order valence-corrected chi connectivity index (χ3v) is 5.15. The van der Waals surface area contributed by atoms with Crippen LogP contribution in [0.2, 0.25) is 0 Å². The minimum absolute atomic E-state index is 0.127. The second kappa shape index (κ2) is 8.97. The molecule has 1 fully saturated rings. The van der Waals surface area contributed by atoms with Crippen LogP contribution in [0.5, 0.6) is 0 Å². The number of methoxy groups -OCH3 is 1. The topological polar surface area (TPSA) is 98.6 Å². The molecule has 9 nitrogen and oxygen atoms in total. The van der Waals surface area contributed by atoms with Crippen molar-refractivity contribution < 1.29 is 14.3 Å². The van der Waals surface area contributed by atoms with E-state index in [1.807, 2.05) is 24.3 Å².